The van der Waals surface area contributed by atoms with Crippen molar-refractivity contribution < 1.29 is 14.7 Å². The molecule has 1 aliphatic heterocycles. The summed E-state index contributed by atoms with van der Waals surface area (Å²) in [4.78, 5) is 27.5. The molecule has 1 heterocycles. The van der Waals surface area contributed by atoms with Crippen molar-refractivity contribution in [2.45, 2.75) is 33.1 Å². The van der Waals surface area contributed by atoms with Gasteiger partial charge in [-0.15, -0.1) is 0 Å². The first kappa shape index (κ1) is 16.3. The number of benzene rings is 1. The molecule has 1 saturated heterocycles. The molecule has 1 fully saturated rings. The molecule has 0 unspecified atom stereocenters. The Morgan fingerprint density at radius 1 is 1.27 bits per heavy atom. The van der Waals surface area contributed by atoms with E-state index >= 15 is 0 Å². The summed E-state index contributed by atoms with van der Waals surface area (Å²) in [5, 5.41) is 9.04. The third-order valence-electron chi connectivity index (χ3n) is 3.94. The smallest absolute Gasteiger partial charge is 0.323 e. The summed E-state index contributed by atoms with van der Waals surface area (Å²) in [5.41, 5.74) is 2.56. The molecule has 0 aromatic heterocycles. The van der Waals surface area contributed by atoms with E-state index < -0.39 is 5.97 Å². The fourth-order valence-corrected chi connectivity index (χ4v) is 2.91. The Hall–Kier alpha value is -2.04. The number of anilines is 1. The van der Waals surface area contributed by atoms with Crippen LogP contribution in [0.2, 0.25) is 0 Å². The highest BCUT2D eigenvalue weighted by molar-refractivity contribution is 6.01. The van der Waals surface area contributed by atoms with E-state index in [1.807, 2.05) is 32.0 Å². The molecule has 1 aromatic carbocycles. The van der Waals surface area contributed by atoms with Crippen molar-refractivity contribution in [1.29, 1.82) is 0 Å². The molecule has 22 heavy (non-hydrogen) atoms. The molecule has 5 nitrogen and oxygen atoms in total. The highest BCUT2D eigenvalue weighted by Crippen LogP contribution is 2.27. The van der Waals surface area contributed by atoms with Gasteiger partial charge in [-0.3, -0.25) is 9.59 Å². The highest BCUT2D eigenvalue weighted by atomic mass is 16.4. The van der Waals surface area contributed by atoms with Crippen molar-refractivity contribution in [3.63, 3.8) is 0 Å². The van der Waals surface area contributed by atoms with Gasteiger partial charge in [-0.25, -0.2) is 0 Å². The van der Waals surface area contributed by atoms with Crippen LogP contribution in [-0.2, 0) is 4.79 Å². The number of carbonyl (C=O) groups is 2. The summed E-state index contributed by atoms with van der Waals surface area (Å²) in [6.07, 6.45) is 3.01. The zero-order valence-corrected chi connectivity index (χ0v) is 13.3. The summed E-state index contributed by atoms with van der Waals surface area (Å²) in [6, 6.07) is 5.87. The lowest BCUT2D eigenvalue weighted by Gasteiger charge is -2.25. The maximum atomic E-state index is 12.8. The Morgan fingerprint density at radius 3 is 2.55 bits per heavy atom. The second-order valence-electron chi connectivity index (χ2n) is 5.84. The molecule has 5 heteroatoms. The Morgan fingerprint density at radius 2 is 1.95 bits per heavy atom. The lowest BCUT2D eigenvalue weighted by molar-refractivity contribution is -0.137. The van der Waals surface area contributed by atoms with Crippen LogP contribution < -0.4 is 4.90 Å². The van der Waals surface area contributed by atoms with E-state index in [0.29, 0.717) is 12.1 Å². The molecule has 0 bridgehead atoms. The van der Waals surface area contributed by atoms with Gasteiger partial charge in [0.2, 0.25) is 0 Å². The molecule has 0 spiro atoms. The lowest BCUT2D eigenvalue weighted by Crippen LogP contribution is -2.37. The monoisotopic (exact) mass is 304 g/mol. The number of hydrogen-bond donors (Lipinski definition) is 1. The number of aryl methyl sites for hydroxylation is 1. The maximum Gasteiger partial charge on any atom is 0.323 e. The van der Waals surface area contributed by atoms with Gasteiger partial charge in [0.15, 0.2) is 0 Å². The molecular weight excluding hydrogens is 280 g/mol. The van der Waals surface area contributed by atoms with E-state index in [1.165, 1.54) is 4.90 Å². The average Bonchev–Trinajstić information content (AvgIpc) is 2.99. The van der Waals surface area contributed by atoms with Gasteiger partial charge in [-0.2, -0.15) is 0 Å². The minimum Gasteiger partial charge on any atom is -0.480 e. The quantitative estimate of drug-likeness (QED) is 0.877. The van der Waals surface area contributed by atoms with Crippen LogP contribution in [0.1, 0.15) is 42.1 Å². The normalized spacial score (nSPS) is 14.2. The van der Waals surface area contributed by atoms with Crippen LogP contribution in [0.25, 0.3) is 0 Å². The minimum atomic E-state index is -0.975. The third kappa shape index (κ3) is 3.78. The summed E-state index contributed by atoms with van der Waals surface area (Å²) in [6.45, 7) is 6.01. The number of aliphatic carboxylic acids is 1. The van der Waals surface area contributed by atoms with Crippen LogP contribution in [0.15, 0.2) is 18.2 Å². The molecule has 1 N–H and O–H groups in total. The molecule has 0 radical (unpaired) electrons. The first-order valence-electron chi connectivity index (χ1n) is 7.89. The molecule has 0 atom stereocenters. The number of nitrogens with zero attached hydrogens (tertiary/aromatic N) is 2. The predicted octanol–water partition coefficient (Wildman–Crippen LogP) is 2.53. The Balaban J connectivity index is 2.33. The minimum absolute atomic E-state index is 0.185. The van der Waals surface area contributed by atoms with E-state index in [9.17, 15) is 9.59 Å². The van der Waals surface area contributed by atoms with E-state index in [-0.39, 0.29) is 12.5 Å². The van der Waals surface area contributed by atoms with E-state index in [2.05, 4.69) is 4.90 Å². The van der Waals surface area contributed by atoms with Crippen LogP contribution in [0.5, 0.6) is 0 Å². The fraction of sp³-hybridized carbons (Fsp3) is 0.529. The topological polar surface area (TPSA) is 60.9 Å². The maximum absolute atomic E-state index is 12.8. The Labute approximate surface area is 131 Å². The first-order valence-corrected chi connectivity index (χ1v) is 7.89. The molecule has 1 amide bonds. The Kier molecular flexibility index (Phi) is 5.41. The largest absolute Gasteiger partial charge is 0.480 e. The fourth-order valence-electron chi connectivity index (χ4n) is 2.91. The number of carboxylic acids is 1. The number of rotatable bonds is 6. The van der Waals surface area contributed by atoms with Crippen molar-refractivity contribution in [2.75, 3.05) is 31.1 Å². The van der Waals surface area contributed by atoms with Crippen molar-refractivity contribution in [2.24, 2.45) is 0 Å². The van der Waals surface area contributed by atoms with Crippen LogP contribution in [0.4, 0.5) is 5.69 Å². The van der Waals surface area contributed by atoms with Gasteiger partial charge in [0, 0.05) is 25.3 Å². The second kappa shape index (κ2) is 7.29. The molecule has 2 rings (SSSR count). The van der Waals surface area contributed by atoms with Crippen LogP contribution in [-0.4, -0.2) is 48.1 Å². The van der Waals surface area contributed by atoms with Crippen molar-refractivity contribution in [3.05, 3.63) is 29.3 Å². The van der Waals surface area contributed by atoms with E-state index in [4.69, 9.17) is 5.11 Å². The predicted molar refractivity (Wildman–Crippen MR) is 86.5 cm³/mol. The zero-order chi connectivity index (χ0) is 16.1. The van der Waals surface area contributed by atoms with Gasteiger partial charge in [0.05, 0.1) is 5.56 Å². The number of carbonyl (C=O) groups excluding carboxylic acids is 1. The second-order valence-corrected chi connectivity index (χ2v) is 5.84. The molecule has 0 saturated carbocycles. The van der Waals surface area contributed by atoms with Crippen molar-refractivity contribution in [3.8, 4) is 0 Å². The molecule has 1 aliphatic rings. The zero-order valence-electron chi connectivity index (χ0n) is 13.3. The molecule has 120 valence electrons. The standard InChI is InChI=1S/C17H24N2O3/c1-3-8-19(12-16(20)21)17(22)14-11-13(2)6-7-15(14)18-9-4-5-10-18/h6-7,11H,3-5,8-10,12H2,1-2H3,(H,20,21). The van der Waals surface area contributed by atoms with Gasteiger partial charge < -0.3 is 14.9 Å². The average molecular weight is 304 g/mol. The van der Waals surface area contributed by atoms with Gasteiger partial charge in [-0.05, 0) is 38.3 Å². The van der Waals surface area contributed by atoms with Gasteiger partial charge in [0.1, 0.15) is 6.54 Å². The van der Waals surface area contributed by atoms with Gasteiger partial charge in [-0.1, -0.05) is 18.6 Å². The lowest BCUT2D eigenvalue weighted by atomic mass is 10.1. The summed E-state index contributed by atoms with van der Waals surface area (Å²) in [5.74, 6) is -1.16. The van der Waals surface area contributed by atoms with Gasteiger partial charge >= 0.3 is 5.97 Å². The number of hydrogen-bond acceptors (Lipinski definition) is 3. The summed E-state index contributed by atoms with van der Waals surface area (Å²) < 4.78 is 0. The van der Waals surface area contributed by atoms with E-state index in [0.717, 1.165) is 43.6 Å². The van der Waals surface area contributed by atoms with Crippen molar-refractivity contribution >= 4 is 17.6 Å². The highest BCUT2D eigenvalue weighted by Gasteiger charge is 2.24. The van der Waals surface area contributed by atoms with Gasteiger partial charge in [0.25, 0.3) is 5.91 Å². The first-order chi connectivity index (χ1) is 10.5. The number of carboxylic acid groups (broad SMARTS) is 1. The van der Waals surface area contributed by atoms with Crippen LogP contribution in [0.3, 0.4) is 0 Å². The molecule has 0 aliphatic carbocycles. The molecular formula is C17H24N2O3. The summed E-state index contributed by atoms with van der Waals surface area (Å²) in [7, 11) is 0. The van der Waals surface area contributed by atoms with Crippen molar-refractivity contribution in [1.82, 2.24) is 4.90 Å². The number of amides is 1. The SMILES string of the molecule is CCCN(CC(=O)O)C(=O)c1cc(C)ccc1N1CCCC1. The Bertz CT molecular complexity index is 551. The van der Waals surface area contributed by atoms with E-state index in [1.54, 1.807) is 0 Å². The summed E-state index contributed by atoms with van der Waals surface area (Å²) >= 11 is 0. The van der Waals surface area contributed by atoms with Crippen LogP contribution in [0, 0.1) is 6.92 Å². The van der Waals surface area contributed by atoms with Crippen LogP contribution >= 0.6 is 0 Å². The molecule has 1 aromatic rings. The third-order valence-corrected chi connectivity index (χ3v) is 3.94.